The van der Waals surface area contributed by atoms with Gasteiger partial charge in [-0.25, -0.2) is 8.78 Å². The lowest BCUT2D eigenvalue weighted by molar-refractivity contribution is 0.0468. The molecule has 0 spiro atoms. The van der Waals surface area contributed by atoms with Crippen LogP contribution < -0.4 is 5.73 Å². The zero-order valence-electron chi connectivity index (χ0n) is 25.7. The van der Waals surface area contributed by atoms with Gasteiger partial charge < -0.3 is 20.6 Å². The highest BCUT2D eigenvalue weighted by Gasteiger charge is 2.28. The van der Waals surface area contributed by atoms with Crippen LogP contribution in [-0.2, 0) is 12.8 Å². The number of halogens is 2. The molecule has 0 bridgehead atoms. The van der Waals surface area contributed by atoms with Crippen molar-refractivity contribution < 1.29 is 23.5 Å². The zero-order valence-corrected chi connectivity index (χ0v) is 25.7. The van der Waals surface area contributed by atoms with E-state index in [9.17, 15) is 23.5 Å². The van der Waals surface area contributed by atoms with E-state index in [1.54, 1.807) is 28.0 Å². The van der Waals surface area contributed by atoms with Crippen LogP contribution >= 0.6 is 0 Å². The second kappa shape index (κ2) is 16.3. The van der Waals surface area contributed by atoms with Gasteiger partial charge in [-0.15, -0.1) is 0 Å². The first-order valence-electron chi connectivity index (χ1n) is 15.2. The van der Waals surface area contributed by atoms with Crippen molar-refractivity contribution in [2.75, 3.05) is 19.6 Å². The minimum absolute atomic E-state index is 0.0318. The Morgan fingerprint density at radius 3 is 2.02 bits per heavy atom. The molecule has 6 nitrogen and oxygen atoms in total. The number of carbonyl (C=O) groups is 2. The molecule has 0 aliphatic heterocycles. The SMILES string of the molecule is CCCN(CCC)C(=O)c1cc(C)cc(C(=O)N(C[C@@H](O)[C@@H](N)Cc2cc(F)cc(F)c2)C(C)CCc2ccccc2)c1. The summed E-state index contributed by atoms with van der Waals surface area (Å²) in [6.07, 6.45) is 1.88. The largest absolute Gasteiger partial charge is 0.390 e. The Balaban J connectivity index is 1.88. The lowest BCUT2D eigenvalue weighted by Crippen LogP contribution is -2.49. The first-order valence-corrected chi connectivity index (χ1v) is 15.2. The van der Waals surface area contributed by atoms with E-state index in [0.717, 1.165) is 36.5 Å². The number of amides is 2. The lowest BCUT2D eigenvalue weighted by atomic mass is 9.98. The highest BCUT2D eigenvalue weighted by atomic mass is 19.1. The molecule has 1 unspecified atom stereocenters. The lowest BCUT2D eigenvalue weighted by Gasteiger charge is -2.33. The van der Waals surface area contributed by atoms with Gasteiger partial charge in [-0.2, -0.15) is 0 Å². The van der Waals surface area contributed by atoms with Crippen molar-refractivity contribution in [1.29, 1.82) is 0 Å². The molecule has 0 saturated heterocycles. The van der Waals surface area contributed by atoms with Gasteiger partial charge in [0.1, 0.15) is 11.6 Å². The van der Waals surface area contributed by atoms with Crippen LogP contribution in [0.25, 0.3) is 0 Å². The van der Waals surface area contributed by atoms with Crippen LogP contribution in [0.15, 0.2) is 66.7 Å². The fourth-order valence-corrected chi connectivity index (χ4v) is 5.35. The predicted octanol–water partition coefficient (Wildman–Crippen LogP) is 5.93. The van der Waals surface area contributed by atoms with E-state index in [1.807, 2.05) is 58.0 Å². The molecule has 8 heteroatoms. The molecule has 3 rings (SSSR count). The van der Waals surface area contributed by atoms with Crippen molar-refractivity contribution in [3.8, 4) is 0 Å². The van der Waals surface area contributed by atoms with Crippen molar-refractivity contribution in [3.63, 3.8) is 0 Å². The number of carbonyl (C=O) groups excluding carboxylic acids is 2. The van der Waals surface area contributed by atoms with Gasteiger partial charge in [0, 0.05) is 48.9 Å². The number of benzene rings is 3. The molecule has 0 fully saturated rings. The second-order valence-electron chi connectivity index (χ2n) is 11.4. The molecule has 3 aromatic rings. The van der Waals surface area contributed by atoms with Crippen LogP contribution in [-0.4, -0.2) is 64.5 Å². The monoisotopic (exact) mass is 593 g/mol. The number of aliphatic hydroxyl groups excluding tert-OH is 1. The van der Waals surface area contributed by atoms with Gasteiger partial charge in [0.15, 0.2) is 0 Å². The fraction of sp³-hybridized carbons (Fsp3) is 0.429. The molecule has 0 heterocycles. The standard InChI is InChI=1S/C35H45F2N3O3/c1-5-14-39(15-6-2)34(42)28-16-24(3)17-29(21-28)35(43)40(25(4)12-13-26-10-8-7-9-11-26)23-33(41)32(38)20-27-18-30(36)22-31(37)19-27/h7-11,16-19,21-22,25,32-33,41H,5-6,12-15,20,23,38H2,1-4H3/t25?,32-,33+/m0/s1. The van der Waals surface area contributed by atoms with Crippen molar-refractivity contribution in [3.05, 3.63) is 106 Å². The molecule has 3 aromatic carbocycles. The molecule has 2 amide bonds. The van der Waals surface area contributed by atoms with Crippen LogP contribution in [0.1, 0.15) is 77.4 Å². The Hall–Kier alpha value is -3.62. The molecule has 0 aliphatic rings. The third kappa shape index (κ3) is 9.97. The normalized spacial score (nSPS) is 13.3. The summed E-state index contributed by atoms with van der Waals surface area (Å²) in [5.74, 6) is -1.87. The van der Waals surface area contributed by atoms with E-state index in [0.29, 0.717) is 36.2 Å². The molecule has 232 valence electrons. The van der Waals surface area contributed by atoms with Gasteiger partial charge in [-0.3, -0.25) is 9.59 Å². The average Bonchev–Trinajstić information content (AvgIpc) is 2.97. The molecule has 0 aliphatic carbocycles. The van der Waals surface area contributed by atoms with Gasteiger partial charge in [-0.05, 0) is 93.0 Å². The highest BCUT2D eigenvalue weighted by Crippen LogP contribution is 2.20. The van der Waals surface area contributed by atoms with Gasteiger partial charge in [0.05, 0.1) is 6.10 Å². The Morgan fingerprint density at radius 1 is 0.860 bits per heavy atom. The maximum Gasteiger partial charge on any atom is 0.254 e. The average molecular weight is 594 g/mol. The summed E-state index contributed by atoms with van der Waals surface area (Å²) in [6, 6.07) is 17.1. The zero-order chi connectivity index (χ0) is 31.5. The summed E-state index contributed by atoms with van der Waals surface area (Å²) in [5, 5.41) is 11.1. The Morgan fingerprint density at radius 2 is 1.44 bits per heavy atom. The maximum atomic E-state index is 14.1. The molecule has 0 saturated carbocycles. The van der Waals surface area contributed by atoms with Gasteiger partial charge in [0.25, 0.3) is 11.8 Å². The van der Waals surface area contributed by atoms with Crippen molar-refractivity contribution in [2.45, 2.75) is 78.0 Å². The van der Waals surface area contributed by atoms with Gasteiger partial charge in [0.2, 0.25) is 0 Å². The Bertz CT molecular complexity index is 1330. The third-order valence-electron chi connectivity index (χ3n) is 7.60. The number of rotatable bonds is 15. The number of hydrogen-bond acceptors (Lipinski definition) is 4. The number of aliphatic hydroxyl groups is 1. The predicted molar refractivity (Wildman–Crippen MR) is 167 cm³/mol. The number of hydrogen-bond donors (Lipinski definition) is 2. The molecule has 0 aromatic heterocycles. The van der Waals surface area contributed by atoms with E-state index in [-0.39, 0.29) is 30.8 Å². The van der Waals surface area contributed by atoms with Crippen molar-refractivity contribution in [2.24, 2.45) is 5.73 Å². The minimum Gasteiger partial charge on any atom is -0.390 e. The van der Waals surface area contributed by atoms with Crippen LogP contribution in [0.4, 0.5) is 8.78 Å². The minimum atomic E-state index is -1.16. The summed E-state index contributed by atoms with van der Waals surface area (Å²) >= 11 is 0. The third-order valence-corrected chi connectivity index (χ3v) is 7.60. The molecular formula is C35H45F2N3O3. The summed E-state index contributed by atoms with van der Waals surface area (Å²) in [7, 11) is 0. The summed E-state index contributed by atoms with van der Waals surface area (Å²) in [4.78, 5) is 30.9. The first-order chi connectivity index (χ1) is 20.5. The van der Waals surface area contributed by atoms with E-state index >= 15 is 0 Å². The number of aryl methyl sites for hydroxylation is 2. The molecular weight excluding hydrogens is 548 g/mol. The second-order valence-corrected chi connectivity index (χ2v) is 11.4. The van der Waals surface area contributed by atoms with Gasteiger partial charge in [-0.1, -0.05) is 44.2 Å². The van der Waals surface area contributed by atoms with E-state index < -0.39 is 23.8 Å². The quantitative estimate of drug-likeness (QED) is 0.229. The molecule has 0 radical (unpaired) electrons. The topological polar surface area (TPSA) is 86.9 Å². The molecule has 43 heavy (non-hydrogen) atoms. The Labute approximate surface area is 254 Å². The van der Waals surface area contributed by atoms with Crippen LogP contribution in [0.2, 0.25) is 0 Å². The molecule has 3 atom stereocenters. The smallest absolute Gasteiger partial charge is 0.254 e. The molecule has 3 N–H and O–H groups in total. The Kier molecular flexibility index (Phi) is 12.8. The highest BCUT2D eigenvalue weighted by molar-refractivity contribution is 6.00. The fourth-order valence-electron chi connectivity index (χ4n) is 5.35. The van der Waals surface area contributed by atoms with E-state index in [2.05, 4.69) is 0 Å². The summed E-state index contributed by atoms with van der Waals surface area (Å²) in [5.41, 5.74) is 9.34. The number of nitrogens with two attached hydrogens (primary N) is 1. The van der Waals surface area contributed by atoms with Crippen molar-refractivity contribution >= 4 is 11.8 Å². The number of nitrogens with zero attached hydrogens (tertiary/aromatic N) is 2. The van der Waals surface area contributed by atoms with Crippen molar-refractivity contribution in [1.82, 2.24) is 9.80 Å². The summed E-state index contributed by atoms with van der Waals surface area (Å²) < 4.78 is 27.5. The van der Waals surface area contributed by atoms with E-state index in [1.165, 1.54) is 12.1 Å². The first kappa shape index (κ1) is 33.9. The maximum absolute atomic E-state index is 14.1. The van der Waals surface area contributed by atoms with Gasteiger partial charge >= 0.3 is 0 Å². The summed E-state index contributed by atoms with van der Waals surface area (Å²) in [6.45, 7) is 9.00. The van der Waals surface area contributed by atoms with E-state index in [4.69, 9.17) is 5.73 Å². The van der Waals surface area contributed by atoms with Crippen LogP contribution in [0.3, 0.4) is 0 Å². The van der Waals surface area contributed by atoms with Crippen LogP contribution in [0, 0.1) is 18.6 Å². The van der Waals surface area contributed by atoms with Crippen LogP contribution in [0.5, 0.6) is 0 Å².